The first-order valence-corrected chi connectivity index (χ1v) is 5.63. The smallest absolute Gasteiger partial charge is 0.424 e. The van der Waals surface area contributed by atoms with E-state index in [1.165, 1.54) is 0 Å². The van der Waals surface area contributed by atoms with Crippen molar-refractivity contribution in [2.24, 2.45) is 0 Å². The van der Waals surface area contributed by atoms with Crippen molar-refractivity contribution in [2.45, 2.75) is 38.5 Å². The largest absolute Gasteiger partial charge is 0.449 e. The van der Waals surface area contributed by atoms with Gasteiger partial charge < -0.3 is 4.74 Å². The number of rotatable bonds is 6. The van der Waals surface area contributed by atoms with Crippen molar-refractivity contribution in [3.8, 4) is 0 Å². The molecule has 0 radical (unpaired) electrons. The van der Waals surface area contributed by atoms with Gasteiger partial charge in [0.15, 0.2) is 0 Å². The summed E-state index contributed by atoms with van der Waals surface area (Å²) in [5.74, 6) is 0. The van der Waals surface area contributed by atoms with E-state index in [0.717, 1.165) is 23.7 Å². The summed E-state index contributed by atoms with van der Waals surface area (Å²) in [6, 6.07) is 0. The van der Waals surface area contributed by atoms with E-state index >= 15 is 0 Å². The number of hydrogen-bond donors (Lipinski definition) is 0. The summed E-state index contributed by atoms with van der Waals surface area (Å²) in [6.45, 7) is 4.47. The zero-order chi connectivity index (χ0) is 11.0. The predicted molar refractivity (Wildman–Crippen MR) is 58.7 cm³/mol. The molecule has 0 fully saturated rings. The second kappa shape index (κ2) is 8.18. The van der Waals surface area contributed by atoms with Crippen LogP contribution in [-0.4, -0.2) is 29.0 Å². The molecule has 0 aromatic carbocycles. The Morgan fingerprint density at radius 1 is 1.50 bits per heavy atom. The summed E-state index contributed by atoms with van der Waals surface area (Å²) < 4.78 is 5.70. The Hall–Kier alpha value is -0.150. The molecule has 0 bridgehead atoms. The average Bonchev–Trinajstić information content (AvgIpc) is 2.15. The highest BCUT2D eigenvalue weighted by Gasteiger charge is 2.16. The predicted octanol–water partition coefficient (Wildman–Crippen LogP) is 3.40. The number of hydrogen-bond acceptors (Lipinski definition) is 2. The number of nitrogens with zero attached hydrogens (tertiary/aromatic N) is 1. The third-order valence-electron chi connectivity index (χ3n) is 1.70. The van der Waals surface area contributed by atoms with Gasteiger partial charge in [0.25, 0.3) is 0 Å². The molecule has 0 aliphatic carbocycles. The minimum Gasteiger partial charge on any atom is -0.449 e. The van der Waals surface area contributed by atoms with Crippen molar-refractivity contribution < 1.29 is 9.53 Å². The van der Waals surface area contributed by atoms with Crippen LogP contribution in [0.25, 0.3) is 0 Å². The lowest BCUT2D eigenvalue weighted by Gasteiger charge is -2.16. The fourth-order valence-corrected chi connectivity index (χ4v) is 1.54. The van der Waals surface area contributed by atoms with Crippen molar-refractivity contribution in [1.29, 1.82) is 0 Å². The Morgan fingerprint density at radius 2 is 2.14 bits per heavy atom. The molecule has 84 valence electrons. The van der Waals surface area contributed by atoms with E-state index in [4.69, 9.17) is 28.1 Å². The molecule has 3 nitrogen and oxygen atoms in total. The Bertz CT molecular complexity index is 167. The van der Waals surface area contributed by atoms with E-state index in [1.807, 2.05) is 0 Å². The molecule has 0 aromatic rings. The molecule has 0 spiro atoms. The number of unbranched alkanes of at least 4 members (excludes halogenated alkanes) is 1. The average molecular weight is 242 g/mol. The molecular formula is C9H17Cl2NO2. The third-order valence-corrected chi connectivity index (χ3v) is 2.33. The van der Waals surface area contributed by atoms with E-state index in [-0.39, 0.29) is 5.38 Å². The molecule has 14 heavy (non-hydrogen) atoms. The molecule has 1 atom stereocenters. The standard InChI is InChI=1S/C9H17Cl2NO2/c1-3-5-6-8(10)7-12(11)9(13)14-4-2/h8H,3-7H2,1-2H3. The second-order valence-electron chi connectivity index (χ2n) is 2.98. The van der Waals surface area contributed by atoms with E-state index < -0.39 is 6.09 Å². The maximum atomic E-state index is 11.1. The fourth-order valence-electron chi connectivity index (χ4n) is 0.959. The van der Waals surface area contributed by atoms with Crippen LogP contribution in [-0.2, 0) is 4.74 Å². The molecule has 0 aliphatic heterocycles. The molecule has 0 saturated heterocycles. The van der Waals surface area contributed by atoms with Crippen molar-refractivity contribution >= 4 is 29.5 Å². The molecular weight excluding hydrogens is 225 g/mol. The quantitative estimate of drug-likeness (QED) is 0.527. The lowest BCUT2D eigenvalue weighted by molar-refractivity contribution is 0.131. The summed E-state index contributed by atoms with van der Waals surface area (Å²) in [5.41, 5.74) is 0. The zero-order valence-corrected chi connectivity index (χ0v) is 10.1. The van der Waals surface area contributed by atoms with Crippen LogP contribution in [0, 0.1) is 0 Å². The molecule has 0 saturated carbocycles. The van der Waals surface area contributed by atoms with Gasteiger partial charge >= 0.3 is 6.09 Å². The number of ether oxygens (including phenoxy) is 1. The second-order valence-corrected chi connectivity index (χ2v) is 4.01. The molecule has 5 heteroatoms. The van der Waals surface area contributed by atoms with Gasteiger partial charge in [0.1, 0.15) is 0 Å². The summed E-state index contributed by atoms with van der Waals surface area (Å²) >= 11 is 11.6. The number of alkyl halides is 1. The van der Waals surface area contributed by atoms with Gasteiger partial charge in [-0.3, -0.25) is 0 Å². The van der Waals surface area contributed by atoms with Gasteiger partial charge in [-0.25, -0.2) is 9.21 Å². The van der Waals surface area contributed by atoms with Crippen LogP contribution in [0.2, 0.25) is 0 Å². The Morgan fingerprint density at radius 3 is 2.64 bits per heavy atom. The summed E-state index contributed by atoms with van der Waals surface area (Å²) in [7, 11) is 0. The summed E-state index contributed by atoms with van der Waals surface area (Å²) in [6.07, 6.45) is 2.46. The van der Waals surface area contributed by atoms with Crippen molar-refractivity contribution in [3.63, 3.8) is 0 Å². The van der Waals surface area contributed by atoms with Gasteiger partial charge in [-0.05, 0) is 13.3 Å². The number of halogens is 2. The number of amides is 1. The van der Waals surface area contributed by atoms with Crippen molar-refractivity contribution in [2.75, 3.05) is 13.2 Å². The maximum absolute atomic E-state index is 11.1. The monoisotopic (exact) mass is 241 g/mol. The minimum atomic E-state index is -0.531. The van der Waals surface area contributed by atoms with Crippen LogP contribution in [0.1, 0.15) is 33.1 Å². The van der Waals surface area contributed by atoms with Crippen LogP contribution in [0.15, 0.2) is 0 Å². The first-order valence-electron chi connectivity index (χ1n) is 4.85. The minimum absolute atomic E-state index is 0.100. The van der Waals surface area contributed by atoms with Gasteiger partial charge in [-0.1, -0.05) is 19.8 Å². The molecule has 1 amide bonds. The highest BCUT2D eigenvalue weighted by atomic mass is 35.5. The first kappa shape index (κ1) is 13.8. The van der Waals surface area contributed by atoms with E-state index in [1.54, 1.807) is 6.92 Å². The summed E-state index contributed by atoms with van der Waals surface area (Å²) in [4.78, 5) is 11.1. The van der Waals surface area contributed by atoms with Gasteiger partial charge in [0, 0.05) is 11.8 Å². The van der Waals surface area contributed by atoms with Crippen LogP contribution < -0.4 is 0 Å². The Labute approximate surface area is 95.4 Å². The molecule has 0 N–H and O–H groups in total. The van der Waals surface area contributed by atoms with E-state index in [9.17, 15) is 4.79 Å². The molecule has 0 rings (SSSR count). The van der Waals surface area contributed by atoms with E-state index in [2.05, 4.69) is 6.92 Å². The highest BCUT2D eigenvalue weighted by Crippen LogP contribution is 2.11. The van der Waals surface area contributed by atoms with Crippen LogP contribution in [0.4, 0.5) is 4.79 Å². The van der Waals surface area contributed by atoms with Crippen LogP contribution in [0.3, 0.4) is 0 Å². The first-order chi connectivity index (χ1) is 6.61. The van der Waals surface area contributed by atoms with Gasteiger partial charge in [0.05, 0.1) is 18.5 Å². The Balaban J connectivity index is 3.68. The van der Waals surface area contributed by atoms with Crippen molar-refractivity contribution in [3.05, 3.63) is 0 Å². The zero-order valence-electron chi connectivity index (χ0n) is 8.63. The van der Waals surface area contributed by atoms with E-state index in [0.29, 0.717) is 13.2 Å². The van der Waals surface area contributed by atoms with Crippen LogP contribution >= 0.6 is 23.4 Å². The highest BCUT2D eigenvalue weighted by molar-refractivity contribution is 6.23. The third kappa shape index (κ3) is 6.33. The summed E-state index contributed by atoms with van der Waals surface area (Å²) in [5, 5.41) is -0.100. The Kier molecular flexibility index (Phi) is 8.09. The lowest BCUT2D eigenvalue weighted by Crippen LogP contribution is -2.28. The van der Waals surface area contributed by atoms with Gasteiger partial charge in [0.2, 0.25) is 0 Å². The van der Waals surface area contributed by atoms with Crippen molar-refractivity contribution in [1.82, 2.24) is 4.42 Å². The van der Waals surface area contributed by atoms with Gasteiger partial charge in [-0.15, -0.1) is 11.6 Å². The van der Waals surface area contributed by atoms with Crippen LogP contribution in [0.5, 0.6) is 0 Å². The number of carbonyl (C=O) groups is 1. The maximum Gasteiger partial charge on any atom is 0.424 e. The fraction of sp³-hybridized carbons (Fsp3) is 0.889. The SMILES string of the molecule is CCCCC(Cl)CN(Cl)C(=O)OCC. The normalized spacial score (nSPS) is 12.3. The molecule has 1 unspecified atom stereocenters. The van der Waals surface area contributed by atoms with Gasteiger partial charge in [-0.2, -0.15) is 0 Å². The molecule has 0 heterocycles. The molecule has 0 aliphatic rings. The molecule has 0 aromatic heterocycles. The number of carbonyl (C=O) groups excluding carboxylic acids is 1. The lowest BCUT2D eigenvalue weighted by atomic mass is 10.2. The topological polar surface area (TPSA) is 29.5 Å².